The van der Waals surface area contributed by atoms with Crippen LogP contribution >= 0.6 is 27.3 Å². The molecule has 5 heteroatoms. The van der Waals surface area contributed by atoms with Gasteiger partial charge in [0.05, 0.1) is 6.10 Å². The zero-order chi connectivity index (χ0) is 12.3. The number of carbonyl (C=O) groups excluding carboxylic acids is 1. The van der Waals surface area contributed by atoms with Crippen molar-refractivity contribution in [3.63, 3.8) is 0 Å². The molecule has 1 aromatic heterocycles. The van der Waals surface area contributed by atoms with Gasteiger partial charge in [-0.1, -0.05) is 0 Å². The molecule has 1 unspecified atom stereocenters. The second-order valence-electron chi connectivity index (χ2n) is 4.07. The lowest BCUT2D eigenvalue weighted by molar-refractivity contribution is 0.00739. The quantitative estimate of drug-likeness (QED) is 0.857. The number of rotatable bonds is 3. The average molecular weight is 318 g/mol. The molecular weight excluding hydrogens is 302 g/mol. The second-order valence-corrected chi connectivity index (χ2v) is 5.84. The highest BCUT2D eigenvalue weighted by Gasteiger charge is 2.26. The van der Waals surface area contributed by atoms with E-state index >= 15 is 0 Å². The van der Waals surface area contributed by atoms with Crippen molar-refractivity contribution in [1.82, 2.24) is 4.90 Å². The lowest BCUT2D eigenvalue weighted by atomic mass is 10.1. The van der Waals surface area contributed by atoms with E-state index in [0.29, 0.717) is 0 Å². The highest BCUT2D eigenvalue weighted by molar-refractivity contribution is 9.10. The highest BCUT2D eigenvalue weighted by atomic mass is 79.9. The van der Waals surface area contributed by atoms with Crippen LogP contribution in [0.25, 0.3) is 0 Å². The summed E-state index contributed by atoms with van der Waals surface area (Å²) in [4.78, 5) is 15.0. The van der Waals surface area contributed by atoms with Crippen molar-refractivity contribution >= 4 is 33.2 Å². The molecule has 0 aromatic carbocycles. The molecule has 0 bridgehead atoms. The van der Waals surface area contributed by atoms with Crippen LogP contribution in [0.5, 0.6) is 0 Å². The first-order chi connectivity index (χ1) is 8.22. The van der Waals surface area contributed by atoms with Gasteiger partial charge in [-0.3, -0.25) is 4.79 Å². The topological polar surface area (TPSA) is 29.5 Å². The summed E-state index contributed by atoms with van der Waals surface area (Å²) < 4.78 is 6.50. The van der Waals surface area contributed by atoms with E-state index in [1.807, 2.05) is 23.3 Å². The zero-order valence-corrected chi connectivity index (χ0v) is 12.2. The maximum Gasteiger partial charge on any atom is 0.265 e. The van der Waals surface area contributed by atoms with E-state index in [9.17, 15) is 4.79 Å². The van der Waals surface area contributed by atoms with E-state index in [-0.39, 0.29) is 12.0 Å². The number of hydrogen-bond donors (Lipinski definition) is 0. The standard InChI is InChI=1S/C12H16BrNO2S/c1-2-16-9-4-3-6-14(8-9)12(15)11-10(13)5-7-17-11/h5,7,9H,2-4,6,8H2,1H3. The molecule has 0 N–H and O–H groups in total. The Labute approximate surface area is 114 Å². The molecule has 2 rings (SSSR count). The van der Waals surface area contributed by atoms with Crippen molar-refractivity contribution in [2.24, 2.45) is 0 Å². The molecular formula is C12H16BrNO2S. The van der Waals surface area contributed by atoms with Gasteiger partial charge in [-0.15, -0.1) is 11.3 Å². The molecule has 0 saturated carbocycles. The number of piperidine rings is 1. The van der Waals surface area contributed by atoms with Gasteiger partial charge in [-0.25, -0.2) is 0 Å². The van der Waals surface area contributed by atoms with Crippen LogP contribution in [0.1, 0.15) is 29.4 Å². The van der Waals surface area contributed by atoms with Crippen molar-refractivity contribution in [3.8, 4) is 0 Å². The average Bonchev–Trinajstić information content (AvgIpc) is 2.75. The van der Waals surface area contributed by atoms with Gasteiger partial charge in [-0.2, -0.15) is 0 Å². The van der Waals surface area contributed by atoms with E-state index in [4.69, 9.17) is 4.74 Å². The lowest BCUT2D eigenvalue weighted by Crippen LogP contribution is -2.43. The molecule has 0 aliphatic carbocycles. The van der Waals surface area contributed by atoms with Crippen molar-refractivity contribution in [1.29, 1.82) is 0 Å². The smallest absolute Gasteiger partial charge is 0.265 e. The number of halogens is 1. The third-order valence-corrected chi connectivity index (χ3v) is 4.70. The molecule has 1 amide bonds. The SMILES string of the molecule is CCOC1CCCN(C(=O)c2sccc2Br)C1. The number of ether oxygens (including phenoxy) is 1. The van der Waals surface area contributed by atoms with E-state index in [1.165, 1.54) is 11.3 Å². The summed E-state index contributed by atoms with van der Waals surface area (Å²) in [5.74, 6) is 0.122. The van der Waals surface area contributed by atoms with Crippen LogP contribution in [-0.2, 0) is 4.74 Å². The fourth-order valence-electron chi connectivity index (χ4n) is 2.08. The minimum atomic E-state index is 0.122. The minimum absolute atomic E-state index is 0.122. The fraction of sp³-hybridized carbons (Fsp3) is 0.583. The van der Waals surface area contributed by atoms with Crippen LogP contribution in [-0.4, -0.2) is 36.6 Å². The van der Waals surface area contributed by atoms with E-state index in [2.05, 4.69) is 15.9 Å². The molecule has 1 aromatic rings. The van der Waals surface area contributed by atoms with Crippen molar-refractivity contribution in [3.05, 3.63) is 20.8 Å². The number of thiophene rings is 1. The van der Waals surface area contributed by atoms with Gasteiger partial charge in [0, 0.05) is 24.2 Å². The molecule has 0 spiro atoms. The Morgan fingerprint density at radius 3 is 3.18 bits per heavy atom. The molecule has 17 heavy (non-hydrogen) atoms. The van der Waals surface area contributed by atoms with Gasteiger partial charge in [0.2, 0.25) is 0 Å². The summed E-state index contributed by atoms with van der Waals surface area (Å²) in [6, 6.07) is 1.92. The molecule has 94 valence electrons. The van der Waals surface area contributed by atoms with Crippen LogP contribution in [0.3, 0.4) is 0 Å². The molecule has 1 atom stereocenters. The van der Waals surface area contributed by atoms with Gasteiger partial charge in [0.1, 0.15) is 4.88 Å². The number of nitrogens with zero attached hydrogens (tertiary/aromatic N) is 1. The predicted octanol–water partition coefficient (Wildman–Crippen LogP) is 3.15. The summed E-state index contributed by atoms with van der Waals surface area (Å²) in [7, 11) is 0. The molecule has 1 saturated heterocycles. The predicted molar refractivity (Wildman–Crippen MR) is 72.6 cm³/mol. The van der Waals surface area contributed by atoms with Gasteiger partial charge in [0.25, 0.3) is 5.91 Å². The number of likely N-dealkylation sites (tertiary alicyclic amines) is 1. The van der Waals surface area contributed by atoms with Gasteiger partial charge in [0.15, 0.2) is 0 Å². The first kappa shape index (κ1) is 13.1. The Bertz CT molecular complexity index is 392. The zero-order valence-electron chi connectivity index (χ0n) is 9.82. The highest BCUT2D eigenvalue weighted by Crippen LogP contribution is 2.25. The maximum absolute atomic E-state index is 12.3. The van der Waals surface area contributed by atoms with Crippen LogP contribution < -0.4 is 0 Å². The molecule has 3 nitrogen and oxygen atoms in total. The second kappa shape index (κ2) is 5.98. The molecule has 2 heterocycles. The first-order valence-corrected chi connectivity index (χ1v) is 7.53. The lowest BCUT2D eigenvalue weighted by Gasteiger charge is -2.32. The van der Waals surface area contributed by atoms with Crippen LogP contribution in [0.2, 0.25) is 0 Å². The van der Waals surface area contributed by atoms with Gasteiger partial charge in [-0.05, 0) is 47.1 Å². The minimum Gasteiger partial charge on any atom is -0.377 e. The Balaban J connectivity index is 2.02. The summed E-state index contributed by atoms with van der Waals surface area (Å²) in [5, 5.41) is 1.93. The summed E-state index contributed by atoms with van der Waals surface area (Å²) in [5.41, 5.74) is 0. The Kier molecular flexibility index (Phi) is 4.59. The fourth-order valence-corrected chi connectivity index (χ4v) is 3.59. The van der Waals surface area contributed by atoms with Gasteiger partial charge >= 0.3 is 0 Å². The van der Waals surface area contributed by atoms with Crippen molar-refractivity contribution in [2.75, 3.05) is 19.7 Å². The van der Waals surface area contributed by atoms with Crippen LogP contribution in [0.15, 0.2) is 15.9 Å². The molecule has 0 radical (unpaired) electrons. The first-order valence-electron chi connectivity index (χ1n) is 5.86. The van der Waals surface area contributed by atoms with Crippen LogP contribution in [0, 0.1) is 0 Å². The van der Waals surface area contributed by atoms with Crippen LogP contribution in [0.4, 0.5) is 0 Å². The van der Waals surface area contributed by atoms with E-state index in [1.54, 1.807) is 0 Å². The van der Waals surface area contributed by atoms with E-state index in [0.717, 1.165) is 41.9 Å². The molecule has 1 fully saturated rings. The number of amides is 1. The Hall–Kier alpha value is -0.390. The summed E-state index contributed by atoms with van der Waals surface area (Å²) in [6.07, 6.45) is 2.29. The maximum atomic E-state index is 12.3. The monoisotopic (exact) mass is 317 g/mol. The van der Waals surface area contributed by atoms with Gasteiger partial charge < -0.3 is 9.64 Å². The summed E-state index contributed by atoms with van der Waals surface area (Å²) in [6.45, 7) is 4.27. The number of hydrogen-bond acceptors (Lipinski definition) is 3. The molecule has 1 aliphatic rings. The third-order valence-electron chi connectivity index (χ3n) is 2.88. The number of carbonyl (C=O) groups is 1. The van der Waals surface area contributed by atoms with E-state index < -0.39 is 0 Å². The van der Waals surface area contributed by atoms with Crippen molar-refractivity contribution in [2.45, 2.75) is 25.9 Å². The van der Waals surface area contributed by atoms with Crippen molar-refractivity contribution < 1.29 is 9.53 Å². The Morgan fingerprint density at radius 1 is 1.71 bits per heavy atom. The normalized spacial score (nSPS) is 20.6. The third kappa shape index (κ3) is 3.09. The Morgan fingerprint density at radius 2 is 2.53 bits per heavy atom. The summed E-state index contributed by atoms with van der Waals surface area (Å²) >= 11 is 4.90. The largest absolute Gasteiger partial charge is 0.377 e. The molecule has 1 aliphatic heterocycles.